The van der Waals surface area contributed by atoms with Crippen molar-refractivity contribution in [3.8, 4) is 11.5 Å². The molecule has 1 aliphatic rings. The molecule has 4 rings (SSSR count). The Hall–Kier alpha value is -3.65. The molecule has 2 heterocycles. The Morgan fingerprint density at radius 3 is 2.61 bits per heavy atom. The van der Waals surface area contributed by atoms with Gasteiger partial charge in [0.1, 0.15) is 0 Å². The largest absolute Gasteiger partial charge is 0.504 e. The molecule has 0 bridgehead atoms. The van der Waals surface area contributed by atoms with Crippen LogP contribution in [0.5, 0.6) is 11.5 Å². The number of ether oxygens (including phenoxy) is 2. The number of aromatic nitrogens is 1. The van der Waals surface area contributed by atoms with Crippen LogP contribution in [-0.4, -0.2) is 29.9 Å². The summed E-state index contributed by atoms with van der Waals surface area (Å²) >= 11 is 1.24. The van der Waals surface area contributed by atoms with Gasteiger partial charge in [-0.15, -0.1) is 0 Å². The van der Waals surface area contributed by atoms with Crippen molar-refractivity contribution in [2.45, 2.75) is 13.0 Å². The third kappa shape index (κ3) is 3.66. The van der Waals surface area contributed by atoms with Crippen molar-refractivity contribution >= 4 is 23.4 Å². The van der Waals surface area contributed by atoms with Crippen molar-refractivity contribution in [1.82, 2.24) is 4.57 Å². The summed E-state index contributed by atoms with van der Waals surface area (Å²) < 4.78 is 12.1. The average Bonchev–Trinajstić information content (AvgIpc) is 3.08. The molecule has 1 aromatic heterocycles. The van der Waals surface area contributed by atoms with Gasteiger partial charge in [0.25, 0.3) is 5.56 Å². The molecule has 8 heteroatoms. The Kier molecular flexibility index (Phi) is 5.48. The van der Waals surface area contributed by atoms with Gasteiger partial charge in [-0.1, -0.05) is 47.7 Å². The molecule has 0 saturated heterocycles. The van der Waals surface area contributed by atoms with E-state index in [9.17, 15) is 14.7 Å². The lowest BCUT2D eigenvalue weighted by Gasteiger charge is -2.24. The summed E-state index contributed by atoms with van der Waals surface area (Å²) in [6.07, 6.45) is 1.71. The molecule has 31 heavy (non-hydrogen) atoms. The van der Waals surface area contributed by atoms with E-state index in [4.69, 9.17) is 9.47 Å². The smallest absolute Gasteiger partial charge is 0.338 e. The first kappa shape index (κ1) is 20.6. The van der Waals surface area contributed by atoms with Gasteiger partial charge in [-0.3, -0.25) is 9.36 Å². The number of allylic oxidation sites excluding steroid dienone is 1. The third-order valence-electron chi connectivity index (χ3n) is 5.04. The van der Waals surface area contributed by atoms with E-state index in [2.05, 4.69) is 4.99 Å². The Balaban J connectivity index is 1.95. The number of esters is 1. The van der Waals surface area contributed by atoms with Crippen LogP contribution in [0.4, 0.5) is 0 Å². The van der Waals surface area contributed by atoms with E-state index >= 15 is 0 Å². The van der Waals surface area contributed by atoms with Gasteiger partial charge in [0.05, 0.1) is 36.1 Å². The standard InChI is InChI=1S/C23H20N2O5S/c1-13-19(22(28)30-3)20(15-7-5-4-6-8-15)25-21(27)18(31-23(25)24-13)12-14-9-10-16(26)17(11-14)29-2/h4-12,20,26H,1-3H3/b18-12-/t20-/m1/s1. The van der Waals surface area contributed by atoms with Gasteiger partial charge in [0, 0.05) is 0 Å². The maximum Gasteiger partial charge on any atom is 0.338 e. The van der Waals surface area contributed by atoms with Gasteiger partial charge in [-0.25, -0.2) is 9.79 Å². The number of methoxy groups -OCH3 is 2. The minimum atomic E-state index is -0.638. The molecule has 2 aromatic carbocycles. The summed E-state index contributed by atoms with van der Waals surface area (Å²) in [5.41, 5.74) is 2.06. The Labute approximate surface area is 181 Å². The van der Waals surface area contributed by atoms with Gasteiger partial charge in [0.2, 0.25) is 0 Å². The molecule has 0 amide bonds. The number of hydrogen-bond donors (Lipinski definition) is 1. The maximum absolute atomic E-state index is 13.4. The lowest BCUT2D eigenvalue weighted by atomic mass is 9.96. The van der Waals surface area contributed by atoms with Crippen molar-refractivity contribution in [1.29, 1.82) is 0 Å². The SMILES string of the molecule is COC(=O)C1=C(C)N=c2s/c(=C\c3ccc(O)c(OC)c3)c(=O)n2[C@@H]1c1ccccc1. The fourth-order valence-electron chi connectivity index (χ4n) is 3.58. The van der Waals surface area contributed by atoms with Crippen LogP contribution < -0.4 is 19.6 Å². The predicted octanol–water partition coefficient (Wildman–Crippen LogP) is 2.12. The summed E-state index contributed by atoms with van der Waals surface area (Å²) in [6.45, 7) is 1.74. The zero-order chi connectivity index (χ0) is 22.1. The first-order valence-corrected chi connectivity index (χ1v) is 10.3. The van der Waals surface area contributed by atoms with Crippen molar-refractivity contribution in [2.24, 2.45) is 4.99 Å². The molecule has 1 atom stereocenters. The molecular formula is C23H20N2O5S. The molecule has 1 aliphatic heterocycles. The van der Waals surface area contributed by atoms with Crippen molar-refractivity contribution in [3.05, 3.63) is 90.6 Å². The van der Waals surface area contributed by atoms with Crippen LogP contribution in [-0.2, 0) is 9.53 Å². The Morgan fingerprint density at radius 2 is 1.94 bits per heavy atom. The lowest BCUT2D eigenvalue weighted by molar-refractivity contribution is -0.136. The number of thiazole rings is 1. The molecule has 0 fully saturated rings. The van der Waals surface area contributed by atoms with Gasteiger partial charge in [0.15, 0.2) is 16.3 Å². The molecule has 0 radical (unpaired) electrons. The predicted molar refractivity (Wildman–Crippen MR) is 117 cm³/mol. The summed E-state index contributed by atoms with van der Waals surface area (Å²) in [5.74, 6) is -0.191. The lowest BCUT2D eigenvalue weighted by Crippen LogP contribution is -2.39. The molecule has 0 aliphatic carbocycles. The molecule has 0 saturated carbocycles. The summed E-state index contributed by atoms with van der Waals surface area (Å²) in [6, 6.07) is 13.5. The second kappa shape index (κ2) is 8.23. The fourth-order valence-corrected chi connectivity index (χ4v) is 4.63. The van der Waals surface area contributed by atoms with Crippen LogP contribution in [0.25, 0.3) is 6.08 Å². The maximum atomic E-state index is 13.4. The van der Waals surface area contributed by atoms with Crippen molar-refractivity contribution in [3.63, 3.8) is 0 Å². The van der Waals surface area contributed by atoms with Gasteiger partial charge < -0.3 is 14.6 Å². The number of phenols is 1. The number of carbonyl (C=O) groups excluding carboxylic acids is 1. The summed E-state index contributed by atoms with van der Waals surface area (Å²) in [4.78, 5) is 31.0. The Bertz CT molecular complexity index is 1370. The molecule has 7 nitrogen and oxygen atoms in total. The average molecular weight is 436 g/mol. The zero-order valence-electron chi connectivity index (χ0n) is 17.2. The van der Waals surface area contributed by atoms with E-state index in [1.807, 2.05) is 30.3 Å². The second-order valence-electron chi connectivity index (χ2n) is 6.92. The van der Waals surface area contributed by atoms with Gasteiger partial charge in [-0.05, 0) is 36.3 Å². The number of carbonyl (C=O) groups is 1. The van der Waals surface area contributed by atoms with Crippen LogP contribution in [0.1, 0.15) is 24.1 Å². The van der Waals surface area contributed by atoms with E-state index in [-0.39, 0.29) is 11.3 Å². The number of fused-ring (bicyclic) bond motifs is 1. The quantitative estimate of drug-likeness (QED) is 0.633. The van der Waals surface area contributed by atoms with Crippen molar-refractivity contribution < 1.29 is 19.4 Å². The van der Waals surface area contributed by atoms with E-state index in [0.29, 0.717) is 31.9 Å². The molecule has 0 unspecified atom stereocenters. The van der Waals surface area contributed by atoms with Gasteiger partial charge >= 0.3 is 5.97 Å². The molecule has 0 spiro atoms. The van der Waals surface area contributed by atoms with E-state index in [1.165, 1.54) is 36.2 Å². The first-order valence-electron chi connectivity index (χ1n) is 9.47. The minimum absolute atomic E-state index is 0.0172. The highest BCUT2D eigenvalue weighted by molar-refractivity contribution is 7.07. The molecular weight excluding hydrogens is 416 g/mol. The highest BCUT2D eigenvalue weighted by Gasteiger charge is 2.32. The van der Waals surface area contributed by atoms with Crippen LogP contribution in [0.15, 0.2) is 69.6 Å². The van der Waals surface area contributed by atoms with Crippen LogP contribution >= 0.6 is 11.3 Å². The number of aromatic hydroxyl groups is 1. The van der Waals surface area contributed by atoms with E-state index in [1.54, 1.807) is 25.1 Å². The number of hydrogen-bond acceptors (Lipinski definition) is 7. The highest BCUT2D eigenvalue weighted by atomic mass is 32.1. The third-order valence-corrected chi connectivity index (χ3v) is 6.03. The Morgan fingerprint density at radius 1 is 1.19 bits per heavy atom. The minimum Gasteiger partial charge on any atom is -0.504 e. The van der Waals surface area contributed by atoms with Crippen LogP contribution in [0, 0.1) is 0 Å². The van der Waals surface area contributed by atoms with Crippen LogP contribution in [0.3, 0.4) is 0 Å². The monoisotopic (exact) mass is 436 g/mol. The molecule has 3 aromatic rings. The van der Waals surface area contributed by atoms with Gasteiger partial charge in [-0.2, -0.15) is 0 Å². The van der Waals surface area contributed by atoms with Crippen molar-refractivity contribution in [2.75, 3.05) is 14.2 Å². The van der Waals surface area contributed by atoms with E-state index in [0.717, 1.165) is 5.56 Å². The number of rotatable bonds is 4. The number of nitrogens with zero attached hydrogens (tertiary/aromatic N) is 2. The molecule has 1 N–H and O–H groups in total. The number of phenolic OH excluding ortho intramolecular Hbond substituents is 1. The first-order chi connectivity index (χ1) is 14.9. The zero-order valence-corrected chi connectivity index (χ0v) is 18.0. The highest BCUT2D eigenvalue weighted by Crippen LogP contribution is 2.30. The molecule has 158 valence electrons. The normalized spacial score (nSPS) is 16.0. The topological polar surface area (TPSA) is 90.1 Å². The van der Waals surface area contributed by atoms with E-state index < -0.39 is 12.0 Å². The number of benzene rings is 2. The second-order valence-corrected chi connectivity index (χ2v) is 7.92. The summed E-state index contributed by atoms with van der Waals surface area (Å²) in [5, 5.41) is 9.82. The van der Waals surface area contributed by atoms with Crippen LogP contribution in [0.2, 0.25) is 0 Å². The summed E-state index contributed by atoms with van der Waals surface area (Å²) in [7, 11) is 2.78. The fraction of sp³-hybridized carbons (Fsp3) is 0.174.